The van der Waals surface area contributed by atoms with Crippen LogP contribution in [0.25, 0.3) is 10.6 Å². The molecular weight excluding hydrogens is 458 g/mol. The number of pyridine rings is 2. The van der Waals surface area contributed by atoms with Gasteiger partial charge in [-0.05, 0) is 81.2 Å². The zero-order valence-corrected chi connectivity index (χ0v) is 21.0. The van der Waals surface area contributed by atoms with Gasteiger partial charge in [-0.15, -0.1) is 11.3 Å². The second-order valence-corrected chi connectivity index (χ2v) is 10.9. The zero-order chi connectivity index (χ0) is 24.2. The highest BCUT2D eigenvalue weighted by Gasteiger charge is 2.32. The van der Waals surface area contributed by atoms with E-state index in [0.717, 1.165) is 84.4 Å². The number of amides is 1. The molecule has 35 heavy (non-hydrogen) atoms. The number of piperidine rings is 1. The molecule has 8 heteroatoms. The molecule has 3 aromatic rings. The number of nitrogens with zero attached hydrogens (tertiary/aromatic N) is 4. The molecule has 4 heterocycles. The summed E-state index contributed by atoms with van der Waals surface area (Å²) in [5, 5.41) is 13.8. The van der Waals surface area contributed by atoms with Crippen LogP contribution in [-0.4, -0.2) is 50.6 Å². The number of thiazole rings is 1. The highest BCUT2D eigenvalue weighted by molar-refractivity contribution is 7.15. The standard InChI is InChI=1S/C27H33N5O2S/c1-18-9-12-28-25(15-18)31-24-4-2-3-22(30-24)23-16-29-26(35-23)20-5-7-21(8-6-20)27(34)32-13-10-19(17-33)11-14-32/h2-4,9,12,15-16,19-21,33H,5-8,10-11,13-14,17H2,1H3,(H,28,30,31). The fourth-order valence-corrected chi connectivity index (χ4v) is 6.21. The third kappa shape index (κ3) is 5.70. The van der Waals surface area contributed by atoms with E-state index in [2.05, 4.69) is 10.3 Å². The van der Waals surface area contributed by atoms with Crippen LogP contribution in [-0.2, 0) is 4.79 Å². The molecule has 5 rings (SSSR count). The summed E-state index contributed by atoms with van der Waals surface area (Å²) in [6.45, 7) is 3.87. The molecule has 1 saturated carbocycles. The van der Waals surface area contributed by atoms with Crippen LogP contribution in [0.5, 0.6) is 0 Å². The van der Waals surface area contributed by atoms with Crippen molar-refractivity contribution in [1.29, 1.82) is 0 Å². The molecule has 2 aliphatic rings. The first-order valence-corrected chi connectivity index (χ1v) is 13.4. The number of aliphatic hydroxyl groups is 1. The molecule has 2 fully saturated rings. The molecule has 2 N–H and O–H groups in total. The second kappa shape index (κ2) is 10.8. The van der Waals surface area contributed by atoms with Gasteiger partial charge in [0.05, 0.1) is 15.6 Å². The molecule has 0 unspecified atom stereocenters. The fourth-order valence-electron chi connectivity index (χ4n) is 5.15. The Morgan fingerprint density at radius 2 is 1.89 bits per heavy atom. The van der Waals surface area contributed by atoms with E-state index in [0.29, 0.717) is 17.7 Å². The number of carbonyl (C=O) groups excluding carboxylic acids is 1. The Hall–Kier alpha value is -2.84. The van der Waals surface area contributed by atoms with Gasteiger partial charge in [0, 0.05) is 43.9 Å². The molecule has 3 aromatic heterocycles. The van der Waals surface area contributed by atoms with E-state index < -0.39 is 0 Å². The van der Waals surface area contributed by atoms with Crippen molar-refractivity contribution >= 4 is 28.9 Å². The number of aromatic nitrogens is 3. The lowest BCUT2D eigenvalue weighted by Gasteiger charge is -2.35. The van der Waals surface area contributed by atoms with Crippen molar-refractivity contribution in [3.8, 4) is 10.6 Å². The molecule has 0 radical (unpaired) electrons. The Kier molecular flexibility index (Phi) is 7.39. The third-order valence-corrected chi connectivity index (χ3v) is 8.49. The average Bonchev–Trinajstić information content (AvgIpc) is 3.39. The third-order valence-electron chi connectivity index (χ3n) is 7.31. The summed E-state index contributed by atoms with van der Waals surface area (Å²) in [6.07, 6.45) is 9.43. The van der Waals surface area contributed by atoms with Crippen LogP contribution in [0.3, 0.4) is 0 Å². The summed E-state index contributed by atoms with van der Waals surface area (Å²) >= 11 is 1.71. The number of likely N-dealkylation sites (tertiary alicyclic amines) is 1. The van der Waals surface area contributed by atoms with Crippen LogP contribution in [0.15, 0.2) is 42.7 Å². The van der Waals surface area contributed by atoms with Gasteiger partial charge < -0.3 is 15.3 Å². The molecule has 1 aliphatic carbocycles. The van der Waals surface area contributed by atoms with Crippen LogP contribution in [0, 0.1) is 18.8 Å². The summed E-state index contributed by atoms with van der Waals surface area (Å²) in [7, 11) is 0. The van der Waals surface area contributed by atoms with Crippen LogP contribution in [0.4, 0.5) is 11.6 Å². The van der Waals surface area contributed by atoms with Crippen molar-refractivity contribution in [2.24, 2.45) is 11.8 Å². The molecule has 1 aliphatic heterocycles. The Bertz CT molecular complexity index is 1150. The van der Waals surface area contributed by atoms with Crippen molar-refractivity contribution < 1.29 is 9.90 Å². The predicted molar refractivity (Wildman–Crippen MR) is 139 cm³/mol. The average molecular weight is 492 g/mol. The Morgan fingerprint density at radius 1 is 1.09 bits per heavy atom. The molecule has 184 valence electrons. The van der Waals surface area contributed by atoms with Gasteiger partial charge in [-0.3, -0.25) is 4.79 Å². The number of anilines is 2. The maximum atomic E-state index is 13.0. The molecule has 7 nitrogen and oxygen atoms in total. The van der Waals surface area contributed by atoms with Gasteiger partial charge in [0.15, 0.2) is 0 Å². The smallest absolute Gasteiger partial charge is 0.225 e. The number of nitrogens with one attached hydrogen (secondary N) is 1. The normalized spacial score (nSPS) is 21.1. The quantitative estimate of drug-likeness (QED) is 0.495. The Morgan fingerprint density at radius 3 is 2.63 bits per heavy atom. The van der Waals surface area contributed by atoms with Gasteiger partial charge in [0.2, 0.25) is 5.91 Å². The lowest BCUT2D eigenvalue weighted by molar-refractivity contribution is -0.138. The van der Waals surface area contributed by atoms with Crippen LogP contribution >= 0.6 is 11.3 Å². The van der Waals surface area contributed by atoms with Gasteiger partial charge >= 0.3 is 0 Å². The van der Waals surface area contributed by atoms with E-state index in [4.69, 9.17) is 9.97 Å². The van der Waals surface area contributed by atoms with Gasteiger partial charge in [-0.25, -0.2) is 15.0 Å². The summed E-state index contributed by atoms with van der Waals surface area (Å²) in [5.41, 5.74) is 2.05. The molecule has 0 aromatic carbocycles. The van der Waals surface area contributed by atoms with E-state index in [1.54, 1.807) is 17.5 Å². The number of rotatable bonds is 6. The first-order valence-electron chi connectivity index (χ1n) is 12.6. The minimum atomic E-state index is 0.135. The Balaban J connectivity index is 1.18. The number of hydrogen-bond acceptors (Lipinski definition) is 7. The van der Waals surface area contributed by atoms with E-state index in [1.165, 1.54) is 0 Å². The molecule has 1 amide bonds. The van der Waals surface area contributed by atoms with Gasteiger partial charge in [0.25, 0.3) is 0 Å². The van der Waals surface area contributed by atoms with Gasteiger partial charge in [-0.1, -0.05) is 6.07 Å². The van der Waals surface area contributed by atoms with Gasteiger partial charge in [0.1, 0.15) is 11.6 Å². The number of aliphatic hydroxyl groups excluding tert-OH is 1. The lowest BCUT2D eigenvalue weighted by atomic mass is 9.81. The maximum Gasteiger partial charge on any atom is 0.225 e. The SMILES string of the molecule is Cc1ccnc(Nc2cccc(-c3cnc(C4CCC(C(=O)N5CCC(CO)CC5)CC4)s3)n2)c1. The summed E-state index contributed by atoms with van der Waals surface area (Å²) in [6, 6.07) is 9.93. The van der Waals surface area contributed by atoms with E-state index in [9.17, 15) is 9.90 Å². The van der Waals surface area contributed by atoms with E-state index >= 15 is 0 Å². The van der Waals surface area contributed by atoms with Crippen LogP contribution in [0.2, 0.25) is 0 Å². The highest BCUT2D eigenvalue weighted by atomic mass is 32.1. The molecular formula is C27H33N5O2S. The summed E-state index contributed by atoms with van der Waals surface area (Å²) in [4.78, 5) is 30.0. The van der Waals surface area contributed by atoms with E-state index in [1.807, 2.05) is 48.4 Å². The number of carbonyl (C=O) groups is 1. The van der Waals surface area contributed by atoms with Crippen molar-refractivity contribution in [1.82, 2.24) is 19.9 Å². The van der Waals surface area contributed by atoms with Crippen molar-refractivity contribution in [2.75, 3.05) is 25.0 Å². The lowest BCUT2D eigenvalue weighted by Crippen LogP contribution is -2.43. The summed E-state index contributed by atoms with van der Waals surface area (Å²) < 4.78 is 0. The van der Waals surface area contributed by atoms with Crippen molar-refractivity contribution in [3.05, 3.63) is 53.3 Å². The number of aryl methyl sites for hydroxylation is 1. The minimum absolute atomic E-state index is 0.135. The van der Waals surface area contributed by atoms with Crippen LogP contribution < -0.4 is 5.32 Å². The highest BCUT2D eigenvalue weighted by Crippen LogP contribution is 2.40. The predicted octanol–water partition coefficient (Wildman–Crippen LogP) is 5.16. The molecule has 0 bridgehead atoms. The van der Waals surface area contributed by atoms with Gasteiger partial charge in [-0.2, -0.15) is 0 Å². The topological polar surface area (TPSA) is 91.2 Å². The fraction of sp³-hybridized carbons (Fsp3) is 0.481. The van der Waals surface area contributed by atoms with Crippen molar-refractivity contribution in [2.45, 2.75) is 51.4 Å². The van der Waals surface area contributed by atoms with Crippen molar-refractivity contribution in [3.63, 3.8) is 0 Å². The van der Waals surface area contributed by atoms with E-state index in [-0.39, 0.29) is 12.5 Å². The minimum Gasteiger partial charge on any atom is -0.396 e. The first kappa shape index (κ1) is 23.9. The summed E-state index contributed by atoms with van der Waals surface area (Å²) in [5.74, 6) is 2.77. The maximum absolute atomic E-state index is 13.0. The number of hydrogen-bond donors (Lipinski definition) is 2. The molecule has 1 saturated heterocycles. The Labute approximate surface area is 210 Å². The molecule has 0 spiro atoms. The largest absolute Gasteiger partial charge is 0.396 e. The first-order chi connectivity index (χ1) is 17.1. The zero-order valence-electron chi connectivity index (χ0n) is 20.2. The second-order valence-electron chi connectivity index (χ2n) is 9.81. The monoisotopic (exact) mass is 491 g/mol. The van der Waals surface area contributed by atoms with Crippen LogP contribution in [0.1, 0.15) is 55.0 Å². The molecule has 0 atom stereocenters.